The minimum Gasteiger partial charge on any atom is -0.469 e. The highest BCUT2D eigenvalue weighted by atomic mass is 16.5. The maximum absolute atomic E-state index is 11.1. The van der Waals surface area contributed by atoms with Crippen molar-refractivity contribution in [1.82, 2.24) is 4.98 Å². The topological polar surface area (TPSA) is 52.3 Å². The third kappa shape index (κ3) is 2.72. The molecule has 0 N–H and O–H groups in total. The lowest BCUT2D eigenvalue weighted by atomic mass is 10.1. The SMILES string of the molecule is COC(=O)Cc1coc(-c2cccc(C)c2)n1. The average molecular weight is 231 g/mol. The van der Waals surface area contributed by atoms with E-state index in [1.54, 1.807) is 0 Å². The molecule has 4 nitrogen and oxygen atoms in total. The number of esters is 1. The molecule has 17 heavy (non-hydrogen) atoms. The first kappa shape index (κ1) is 11.4. The van der Waals surface area contributed by atoms with Gasteiger partial charge in [-0.1, -0.05) is 17.7 Å². The van der Waals surface area contributed by atoms with Crippen LogP contribution in [0.4, 0.5) is 0 Å². The number of oxazole rings is 1. The Balaban J connectivity index is 2.21. The second kappa shape index (κ2) is 4.82. The van der Waals surface area contributed by atoms with E-state index in [2.05, 4.69) is 9.72 Å². The van der Waals surface area contributed by atoms with Gasteiger partial charge in [0.15, 0.2) is 0 Å². The van der Waals surface area contributed by atoms with E-state index in [9.17, 15) is 4.79 Å². The number of carbonyl (C=O) groups is 1. The fourth-order valence-corrected chi connectivity index (χ4v) is 1.52. The van der Waals surface area contributed by atoms with Crippen molar-refractivity contribution in [1.29, 1.82) is 0 Å². The van der Waals surface area contributed by atoms with Crippen LogP contribution in [-0.2, 0) is 16.0 Å². The molecule has 2 aromatic rings. The molecule has 0 unspecified atom stereocenters. The Morgan fingerprint density at radius 2 is 2.29 bits per heavy atom. The molecule has 0 radical (unpaired) electrons. The van der Waals surface area contributed by atoms with Crippen LogP contribution in [0.25, 0.3) is 11.5 Å². The second-order valence-electron chi connectivity index (χ2n) is 3.77. The highest BCUT2D eigenvalue weighted by molar-refractivity contribution is 5.71. The molecular weight excluding hydrogens is 218 g/mol. The monoisotopic (exact) mass is 231 g/mol. The first-order valence-corrected chi connectivity index (χ1v) is 5.27. The van der Waals surface area contributed by atoms with E-state index in [0.29, 0.717) is 11.6 Å². The maximum atomic E-state index is 11.1. The van der Waals surface area contributed by atoms with Crippen molar-refractivity contribution in [3.63, 3.8) is 0 Å². The van der Waals surface area contributed by atoms with Crippen molar-refractivity contribution in [3.8, 4) is 11.5 Å². The third-order valence-electron chi connectivity index (χ3n) is 2.37. The van der Waals surface area contributed by atoms with Gasteiger partial charge in [-0.25, -0.2) is 4.98 Å². The van der Waals surface area contributed by atoms with Crippen molar-refractivity contribution in [3.05, 3.63) is 41.8 Å². The minimum atomic E-state index is -0.325. The summed E-state index contributed by atoms with van der Waals surface area (Å²) in [7, 11) is 1.35. The van der Waals surface area contributed by atoms with Crippen LogP contribution < -0.4 is 0 Å². The molecular formula is C13H13NO3. The Labute approximate surface area is 99.2 Å². The minimum absolute atomic E-state index is 0.131. The number of hydrogen-bond acceptors (Lipinski definition) is 4. The van der Waals surface area contributed by atoms with Crippen molar-refractivity contribution < 1.29 is 13.9 Å². The van der Waals surface area contributed by atoms with Crippen LogP contribution in [0.5, 0.6) is 0 Å². The molecule has 88 valence electrons. The summed E-state index contributed by atoms with van der Waals surface area (Å²) in [5.41, 5.74) is 2.62. The lowest BCUT2D eigenvalue weighted by molar-refractivity contribution is -0.139. The average Bonchev–Trinajstić information content (AvgIpc) is 2.77. The smallest absolute Gasteiger partial charge is 0.311 e. The fraction of sp³-hybridized carbons (Fsp3) is 0.231. The predicted octanol–water partition coefficient (Wildman–Crippen LogP) is 2.37. The van der Waals surface area contributed by atoms with Gasteiger partial charge >= 0.3 is 5.97 Å². The van der Waals surface area contributed by atoms with Gasteiger partial charge in [-0.05, 0) is 19.1 Å². The van der Waals surface area contributed by atoms with Gasteiger partial charge in [0.25, 0.3) is 0 Å². The first-order valence-electron chi connectivity index (χ1n) is 5.27. The number of methoxy groups -OCH3 is 1. The van der Waals surface area contributed by atoms with Crippen molar-refractivity contribution in [2.24, 2.45) is 0 Å². The largest absolute Gasteiger partial charge is 0.469 e. The summed E-state index contributed by atoms with van der Waals surface area (Å²) in [6.45, 7) is 2.00. The van der Waals surface area contributed by atoms with E-state index in [-0.39, 0.29) is 12.4 Å². The molecule has 4 heteroatoms. The molecule has 0 saturated carbocycles. The van der Waals surface area contributed by atoms with Crippen molar-refractivity contribution in [2.75, 3.05) is 7.11 Å². The molecule has 0 saturated heterocycles. The second-order valence-corrected chi connectivity index (χ2v) is 3.77. The van der Waals surface area contributed by atoms with Crippen LogP contribution in [0.2, 0.25) is 0 Å². The Kier molecular flexibility index (Phi) is 3.23. The first-order chi connectivity index (χ1) is 8.19. The number of hydrogen-bond donors (Lipinski definition) is 0. The number of carbonyl (C=O) groups excluding carboxylic acids is 1. The maximum Gasteiger partial charge on any atom is 0.311 e. The van der Waals surface area contributed by atoms with Gasteiger partial charge in [0, 0.05) is 5.56 Å². The van der Waals surface area contributed by atoms with Gasteiger partial charge in [0.05, 0.1) is 19.2 Å². The number of nitrogens with zero attached hydrogens (tertiary/aromatic N) is 1. The Hall–Kier alpha value is -2.10. The number of aryl methyl sites for hydroxylation is 1. The number of ether oxygens (including phenoxy) is 1. The molecule has 0 amide bonds. The molecule has 0 aliphatic carbocycles. The Bertz CT molecular complexity index is 531. The summed E-state index contributed by atoms with van der Waals surface area (Å²) in [6, 6.07) is 7.84. The summed E-state index contributed by atoms with van der Waals surface area (Å²) >= 11 is 0. The van der Waals surface area contributed by atoms with Gasteiger partial charge in [-0.2, -0.15) is 0 Å². The summed E-state index contributed by atoms with van der Waals surface area (Å²) in [4.78, 5) is 15.3. The third-order valence-corrected chi connectivity index (χ3v) is 2.37. The normalized spacial score (nSPS) is 10.2. The van der Waals surface area contributed by atoms with Gasteiger partial charge in [-0.15, -0.1) is 0 Å². The quantitative estimate of drug-likeness (QED) is 0.761. The van der Waals surface area contributed by atoms with Gasteiger partial charge in [0.1, 0.15) is 6.26 Å². The van der Waals surface area contributed by atoms with Gasteiger partial charge in [0.2, 0.25) is 5.89 Å². The molecule has 0 atom stereocenters. The van der Waals surface area contributed by atoms with Crippen molar-refractivity contribution >= 4 is 5.97 Å². The number of benzene rings is 1. The molecule has 1 aromatic carbocycles. The van der Waals surface area contributed by atoms with Crippen LogP contribution in [0, 0.1) is 6.92 Å². The van der Waals surface area contributed by atoms with E-state index in [1.807, 2.05) is 31.2 Å². The number of rotatable bonds is 3. The van der Waals surface area contributed by atoms with Crippen molar-refractivity contribution in [2.45, 2.75) is 13.3 Å². The van der Waals surface area contributed by atoms with E-state index < -0.39 is 0 Å². The highest BCUT2D eigenvalue weighted by Crippen LogP contribution is 2.19. The molecule has 0 spiro atoms. The summed E-state index contributed by atoms with van der Waals surface area (Å²) < 4.78 is 9.90. The van der Waals surface area contributed by atoms with E-state index in [1.165, 1.54) is 13.4 Å². The van der Waals surface area contributed by atoms with E-state index in [4.69, 9.17) is 4.42 Å². The van der Waals surface area contributed by atoms with Crippen LogP contribution in [0.15, 0.2) is 34.9 Å². The van der Waals surface area contributed by atoms with E-state index >= 15 is 0 Å². The summed E-state index contributed by atoms with van der Waals surface area (Å²) in [6.07, 6.45) is 1.61. The lowest BCUT2D eigenvalue weighted by Gasteiger charge is -1.96. The molecule has 0 fully saturated rings. The van der Waals surface area contributed by atoms with Gasteiger partial charge in [-0.3, -0.25) is 4.79 Å². The Morgan fingerprint density at radius 1 is 1.47 bits per heavy atom. The molecule has 0 aliphatic heterocycles. The zero-order valence-electron chi connectivity index (χ0n) is 9.77. The fourth-order valence-electron chi connectivity index (χ4n) is 1.52. The molecule has 0 bridgehead atoms. The zero-order valence-corrected chi connectivity index (χ0v) is 9.77. The van der Waals surface area contributed by atoms with Crippen LogP contribution in [0.1, 0.15) is 11.3 Å². The highest BCUT2D eigenvalue weighted by Gasteiger charge is 2.10. The lowest BCUT2D eigenvalue weighted by Crippen LogP contribution is -2.04. The van der Waals surface area contributed by atoms with Crippen LogP contribution in [-0.4, -0.2) is 18.1 Å². The molecule has 1 aromatic heterocycles. The number of aromatic nitrogens is 1. The van der Waals surface area contributed by atoms with Crippen LogP contribution >= 0.6 is 0 Å². The zero-order chi connectivity index (χ0) is 12.3. The standard InChI is InChI=1S/C13H13NO3/c1-9-4-3-5-10(6-9)13-14-11(8-17-13)7-12(15)16-2/h3-6,8H,7H2,1-2H3. The van der Waals surface area contributed by atoms with E-state index in [0.717, 1.165) is 11.1 Å². The van der Waals surface area contributed by atoms with Gasteiger partial charge < -0.3 is 9.15 Å². The summed E-state index contributed by atoms with van der Waals surface area (Å²) in [5.74, 6) is 0.196. The molecule has 1 heterocycles. The predicted molar refractivity (Wildman–Crippen MR) is 62.4 cm³/mol. The molecule has 0 aliphatic rings. The molecule has 2 rings (SSSR count). The summed E-state index contributed by atoms with van der Waals surface area (Å²) in [5, 5.41) is 0. The van der Waals surface area contributed by atoms with Crippen LogP contribution in [0.3, 0.4) is 0 Å². The Morgan fingerprint density at radius 3 is 3.00 bits per heavy atom.